The van der Waals surface area contributed by atoms with Gasteiger partial charge in [-0.2, -0.15) is 0 Å². The summed E-state index contributed by atoms with van der Waals surface area (Å²) in [6.07, 6.45) is 11.0. The molecule has 0 saturated carbocycles. The molecule has 0 radical (unpaired) electrons. The van der Waals surface area contributed by atoms with E-state index in [4.69, 9.17) is 4.98 Å². The van der Waals surface area contributed by atoms with Crippen LogP contribution in [0.5, 0.6) is 0 Å². The zero-order chi connectivity index (χ0) is 31.3. The molecule has 6 aromatic carbocycles. The van der Waals surface area contributed by atoms with Gasteiger partial charge in [-0.1, -0.05) is 111 Å². The molecule has 47 heavy (non-hydrogen) atoms. The minimum atomic E-state index is -0.00609. The van der Waals surface area contributed by atoms with E-state index in [0.29, 0.717) is 0 Å². The van der Waals surface area contributed by atoms with Crippen molar-refractivity contribution in [2.24, 2.45) is 5.41 Å². The van der Waals surface area contributed by atoms with Crippen LogP contribution in [0.2, 0.25) is 0 Å². The Hall–Kier alpha value is -5.86. The summed E-state index contributed by atoms with van der Waals surface area (Å²) in [6.45, 7) is 4.65. The summed E-state index contributed by atoms with van der Waals surface area (Å²) < 4.78 is 0. The molecular formula is C45H30N2. The van der Waals surface area contributed by atoms with Crippen LogP contribution in [0.4, 0.5) is 0 Å². The fourth-order valence-electron chi connectivity index (χ4n) is 8.00. The van der Waals surface area contributed by atoms with Crippen molar-refractivity contribution in [3.63, 3.8) is 0 Å². The maximum absolute atomic E-state index is 5.13. The predicted molar refractivity (Wildman–Crippen MR) is 199 cm³/mol. The first-order valence-electron chi connectivity index (χ1n) is 16.3. The molecule has 0 unspecified atom stereocenters. The van der Waals surface area contributed by atoms with E-state index in [9.17, 15) is 0 Å². The van der Waals surface area contributed by atoms with Gasteiger partial charge in [-0.15, -0.1) is 0 Å². The highest BCUT2D eigenvalue weighted by Crippen LogP contribution is 2.41. The van der Waals surface area contributed by atoms with Gasteiger partial charge in [0.25, 0.3) is 0 Å². The maximum atomic E-state index is 5.13. The van der Waals surface area contributed by atoms with E-state index in [1.165, 1.54) is 65.0 Å². The molecule has 0 bridgehead atoms. The third-order valence-corrected chi connectivity index (χ3v) is 10.2. The van der Waals surface area contributed by atoms with Gasteiger partial charge in [0.15, 0.2) is 0 Å². The lowest BCUT2D eigenvalue weighted by atomic mass is 9.77. The van der Waals surface area contributed by atoms with Gasteiger partial charge in [0, 0.05) is 27.9 Å². The van der Waals surface area contributed by atoms with Crippen molar-refractivity contribution < 1.29 is 0 Å². The molecule has 2 aliphatic rings. The highest BCUT2D eigenvalue weighted by molar-refractivity contribution is 6.26. The molecule has 2 heteroatoms. The van der Waals surface area contributed by atoms with Crippen LogP contribution in [0, 0.1) is 5.41 Å². The number of rotatable bonds is 2. The van der Waals surface area contributed by atoms with Gasteiger partial charge in [0.1, 0.15) is 0 Å². The molecule has 2 heterocycles. The zero-order valence-corrected chi connectivity index (χ0v) is 26.3. The van der Waals surface area contributed by atoms with E-state index in [0.717, 1.165) is 33.1 Å². The summed E-state index contributed by atoms with van der Waals surface area (Å²) in [4.78, 5) is 9.78. The number of hydrogen-bond acceptors (Lipinski definition) is 2. The molecule has 0 atom stereocenters. The number of nitrogens with zero attached hydrogens (tertiary/aromatic N) is 2. The van der Waals surface area contributed by atoms with Crippen LogP contribution >= 0.6 is 0 Å². The molecule has 10 rings (SSSR count). The zero-order valence-electron chi connectivity index (χ0n) is 26.3. The normalized spacial score (nSPS) is 14.9. The Morgan fingerprint density at radius 2 is 1.28 bits per heavy atom. The Morgan fingerprint density at radius 1 is 0.553 bits per heavy atom. The Balaban J connectivity index is 1.17. The maximum Gasteiger partial charge on any atom is 0.0972 e. The number of fused-ring (bicyclic) bond motifs is 11. The Kier molecular flexibility index (Phi) is 5.37. The van der Waals surface area contributed by atoms with E-state index in [1.54, 1.807) is 0 Å². The van der Waals surface area contributed by atoms with E-state index in [1.807, 2.05) is 12.3 Å². The molecule has 0 spiro atoms. The van der Waals surface area contributed by atoms with E-state index in [-0.39, 0.29) is 5.41 Å². The summed E-state index contributed by atoms with van der Waals surface area (Å²) in [7, 11) is 0. The smallest absolute Gasteiger partial charge is 0.0972 e. The lowest BCUT2D eigenvalue weighted by Crippen LogP contribution is -2.27. The quantitative estimate of drug-likeness (QED) is 0.185. The number of allylic oxidation sites excluding steroid dienone is 4. The molecule has 0 saturated heterocycles. The number of hydrogen-bond donors (Lipinski definition) is 0. The lowest BCUT2D eigenvalue weighted by molar-refractivity contribution is 0.644. The topological polar surface area (TPSA) is 25.8 Å². The Morgan fingerprint density at radius 3 is 2.15 bits per heavy atom. The highest BCUT2D eigenvalue weighted by Gasteiger charge is 2.28. The van der Waals surface area contributed by atoms with Gasteiger partial charge in [-0.05, 0) is 108 Å². The van der Waals surface area contributed by atoms with Crippen LogP contribution in [-0.2, 0) is 0 Å². The first-order valence-corrected chi connectivity index (χ1v) is 16.3. The first-order chi connectivity index (χ1) is 23.0. The number of benzene rings is 6. The summed E-state index contributed by atoms with van der Waals surface area (Å²) >= 11 is 0. The monoisotopic (exact) mass is 598 g/mol. The van der Waals surface area contributed by atoms with Crippen molar-refractivity contribution >= 4 is 65.8 Å². The van der Waals surface area contributed by atoms with Crippen molar-refractivity contribution in [3.8, 4) is 22.4 Å². The van der Waals surface area contributed by atoms with Crippen molar-refractivity contribution in [2.45, 2.75) is 13.8 Å². The van der Waals surface area contributed by atoms with Gasteiger partial charge in [-0.3, -0.25) is 4.98 Å². The third kappa shape index (κ3) is 3.91. The van der Waals surface area contributed by atoms with Crippen molar-refractivity contribution in [1.82, 2.24) is 9.97 Å². The summed E-state index contributed by atoms with van der Waals surface area (Å²) in [5.41, 5.74) is 9.06. The average molecular weight is 599 g/mol. The fraction of sp³-hybridized carbons (Fsp3) is 0.0667. The third-order valence-electron chi connectivity index (χ3n) is 10.2. The molecule has 2 aromatic heterocycles. The summed E-state index contributed by atoms with van der Waals surface area (Å²) in [5.74, 6) is 0. The molecular weight excluding hydrogens is 569 g/mol. The molecule has 8 aromatic rings. The Bertz CT molecular complexity index is 2870. The fourth-order valence-corrected chi connectivity index (χ4v) is 8.00. The molecule has 0 fully saturated rings. The molecule has 2 aliphatic carbocycles. The van der Waals surface area contributed by atoms with Gasteiger partial charge >= 0.3 is 0 Å². The molecule has 0 aliphatic heterocycles. The van der Waals surface area contributed by atoms with Gasteiger partial charge in [0.2, 0.25) is 0 Å². The predicted octanol–water partition coefficient (Wildman–Crippen LogP) is 10.0. The largest absolute Gasteiger partial charge is 0.254 e. The van der Waals surface area contributed by atoms with Crippen LogP contribution in [-0.4, -0.2) is 9.97 Å². The second-order valence-electron chi connectivity index (χ2n) is 13.5. The molecule has 2 nitrogen and oxygen atoms in total. The van der Waals surface area contributed by atoms with E-state index < -0.39 is 0 Å². The second kappa shape index (κ2) is 9.57. The van der Waals surface area contributed by atoms with Crippen LogP contribution in [0.1, 0.15) is 13.8 Å². The van der Waals surface area contributed by atoms with Crippen molar-refractivity contribution in [3.05, 3.63) is 156 Å². The molecule has 0 amide bonds. The molecule has 220 valence electrons. The van der Waals surface area contributed by atoms with E-state index in [2.05, 4.69) is 152 Å². The van der Waals surface area contributed by atoms with Crippen LogP contribution in [0.25, 0.3) is 88.2 Å². The van der Waals surface area contributed by atoms with Gasteiger partial charge in [-0.25, -0.2) is 4.98 Å². The highest BCUT2D eigenvalue weighted by atomic mass is 14.7. The summed E-state index contributed by atoms with van der Waals surface area (Å²) in [5, 5.41) is 12.7. The van der Waals surface area contributed by atoms with E-state index >= 15 is 0 Å². The van der Waals surface area contributed by atoms with Crippen molar-refractivity contribution in [2.75, 3.05) is 0 Å². The number of aromatic nitrogens is 2. The van der Waals surface area contributed by atoms with Gasteiger partial charge < -0.3 is 0 Å². The van der Waals surface area contributed by atoms with Gasteiger partial charge in [0.05, 0.1) is 16.7 Å². The SMILES string of the molecule is CC1(C)C=CC=C2C=c3cc4c5ccccc5c5cc(-c6cccc(-c7ccc8ccc9cccnc9c8n7)c6)ccc5c4cc3=C21. The lowest BCUT2D eigenvalue weighted by Gasteiger charge is -2.26. The number of pyridine rings is 2. The second-order valence-corrected chi connectivity index (χ2v) is 13.5. The van der Waals surface area contributed by atoms with Crippen LogP contribution < -0.4 is 10.4 Å². The van der Waals surface area contributed by atoms with Crippen LogP contribution in [0.3, 0.4) is 0 Å². The minimum absolute atomic E-state index is 0.00609. The minimum Gasteiger partial charge on any atom is -0.254 e. The molecule has 0 N–H and O–H groups in total. The summed E-state index contributed by atoms with van der Waals surface area (Å²) in [6, 6.07) is 42.1. The van der Waals surface area contributed by atoms with Crippen molar-refractivity contribution in [1.29, 1.82) is 0 Å². The first kappa shape index (κ1) is 26.4. The van der Waals surface area contributed by atoms with Crippen LogP contribution in [0.15, 0.2) is 145 Å². The average Bonchev–Trinajstić information content (AvgIpc) is 3.49. The standard InChI is InChI=1S/C45H30N2/c1-45(2)20-6-10-32-23-33-25-39-35-13-4-3-12-34(35)38-24-30(16-18-36(38)40(39)26-37(33)42(32)45)29-8-5-9-31(22-29)41-19-17-28-15-14-27-11-7-21-46-43(27)44(28)47-41/h3-26H,1-2H3. The Labute approximate surface area is 272 Å².